The van der Waals surface area contributed by atoms with Crippen LogP contribution in [0.5, 0.6) is 5.75 Å². The van der Waals surface area contributed by atoms with Crippen molar-refractivity contribution in [1.82, 2.24) is 9.80 Å². The molecule has 0 saturated carbocycles. The van der Waals surface area contributed by atoms with E-state index in [1.165, 1.54) is 6.07 Å². The molecule has 1 aliphatic rings. The van der Waals surface area contributed by atoms with Crippen molar-refractivity contribution in [3.8, 4) is 5.75 Å². The van der Waals surface area contributed by atoms with Gasteiger partial charge >= 0.3 is 0 Å². The van der Waals surface area contributed by atoms with E-state index in [-0.39, 0.29) is 24.3 Å². The zero-order valence-corrected chi connectivity index (χ0v) is 21.6. The molecule has 5 nitrogen and oxygen atoms in total. The number of ether oxygens (including phenoxy) is 1. The summed E-state index contributed by atoms with van der Waals surface area (Å²) in [4.78, 5) is 16.8. The molecule has 2 aromatic rings. The van der Waals surface area contributed by atoms with Gasteiger partial charge in [0.05, 0.1) is 6.04 Å². The minimum Gasteiger partial charge on any atom is -0.489 e. The highest BCUT2D eigenvalue weighted by Gasteiger charge is 2.29. The van der Waals surface area contributed by atoms with Crippen molar-refractivity contribution in [1.29, 1.82) is 0 Å². The topological polar surface area (TPSA) is 58.8 Å². The summed E-state index contributed by atoms with van der Waals surface area (Å²) in [6.45, 7) is 4.12. The van der Waals surface area contributed by atoms with Crippen LogP contribution in [0.1, 0.15) is 43.2 Å². The third-order valence-corrected chi connectivity index (χ3v) is 6.78. The molecule has 8 heteroatoms. The number of carbonyl (C=O) groups is 1. The van der Waals surface area contributed by atoms with Gasteiger partial charge in [0.15, 0.2) is 0 Å². The number of carbonyl (C=O) groups excluding carboxylic acids is 1. The fourth-order valence-electron chi connectivity index (χ4n) is 4.44. The van der Waals surface area contributed by atoms with Gasteiger partial charge in [0, 0.05) is 29.7 Å². The van der Waals surface area contributed by atoms with Crippen LogP contribution >= 0.6 is 23.2 Å². The third-order valence-electron chi connectivity index (χ3n) is 6.31. The lowest BCUT2D eigenvalue weighted by molar-refractivity contribution is -0.133. The van der Waals surface area contributed by atoms with E-state index in [2.05, 4.69) is 11.8 Å². The lowest BCUT2D eigenvalue weighted by atomic mass is 9.88. The Hall–Kier alpha value is -1.86. The lowest BCUT2D eigenvalue weighted by Crippen LogP contribution is -2.47. The number of hydrogen-bond donors (Lipinski definition) is 1. The van der Waals surface area contributed by atoms with Gasteiger partial charge in [0.2, 0.25) is 5.91 Å². The third kappa shape index (κ3) is 7.08. The van der Waals surface area contributed by atoms with Crippen molar-refractivity contribution < 1.29 is 13.9 Å². The summed E-state index contributed by atoms with van der Waals surface area (Å²) in [6.07, 6.45) is 2.71. The first-order valence-corrected chi connectivity index (χ1v) is 12.5. The molecule has 1 saturated heterocycles. The van der Waals surface area contributed by atoms with Crippen LogP contribution in [0.4, 0.5) is 4.39 Å². The van der Waals surface area contributed by atoms with Crippen LogP contribution in [0.3, 0.4) is 0 Å². The van der Waals surface area contributed by atoms with Crippen LogP contribution in [0, 0.1) is 5.82 Å². The van der Waals surface area contributed by atoms with Gasteiger partial charge in [-0.3, -0.25) is 4.79 Å². The summed E-state index contributed by atoms with van der Waals surface area (Å²) in [5.74, 6) is 0.487. The Morgan fingerprint density at radius 2 is 1.82 bits per heavy atom. The number of likely N-dealkylation sites (N-methyl/N-ethyl adjacent to an activating group) is 1. The van der Waals surface area contributed by atoms with E-state index in [0.717, 1.165) is 37.1 Å². The molecule has 186 valence electrons. The highest BCUT2D eigenvalue weighted by Crippen LogP contribution is 2.37. The molecule has 1 aliphatic heterocycles. The number of piperidine rings is 1. The second kappa shape index (κ2) is 12.2. The first kappa shape index (κ1) is 26.7. The largest absolute Gasteiger partial charge is 0.489 e. The number of amides is 1. The summed E-state index contributed by atoms with van der Waals surface area (Å²) in [5, 5.41) is 0.965. The molecule has 2 atom stereocenters. The number of benzene rings is 2. The van der Waals surface area contributed by atoms with Gasteiger partial charge in [0.25, 0.3) is 0 Å². The fraction of sp³-hybridized carbons (Fsp3) is 0.500. The van der Waals surface area contributed by atoms with Crippen molar-refractivity contribution >= 4 is 29.1 Å². The maximum absolute atomic E-state index is 14.1. The molecular formula is C26H34Cl2FN3O2. The van der Waals surface area contributed by atoms with E-state index in [4.69, 9.17) is 33.7 Å². The average Bonchev–Trinajstić information content (AvgIpc) is 2.80. The Labute approximate surface area is 211 Å². The molecule has 0 spiro atoms. The average molecular weight is 510 g/mol. The Balaban J connectivity index is 1.63. The molecule has 0 bridgehead atoms. The molecule has 0 aromatic heterocycles. The van der Waals surface area contributed by atoms with Crippen LogP contribution < -0.4 is 10.5 Å². The first-order chi connectivity index (χ1) is 16.2. The monoisotopic (exact) mass is 509 g/mol. The van der Waals surface area contributed by atoms with Crippen molar-refractivity contribution in [2.24, 2.45) is 5.73 Å². The molecule has 1 amide bonds. The molecule has 0 unspecified atom stereocenters. The smallest absolute Gasteiger partial charge is 0.239 e. The molecule has 2 N–H and O–H groups in total. The second-order valence-electron chi connectivity index (χ2n) is 9.24. The van der Waals surface area contributed by atoms with E-state index in [0.29, 0.717) is 28.7 Å². The van der Waals surface area contributed by atoms with E-state index in [1.54, 1.807) is 17.0 Å². The SMILES string of the molecule is CC[C@H](CN(C)C)Oc1cc(Cl)ccc1C1CCN(C(=O)[C@H](N)Cc2ccc(Cl)cc2F)CC1. The quantitative estimate of drug-likeness (QED) is 0.509. The van der Waals surface area contributed by atoms with Crippen molar-refractivity contribution in [3.05, 3.63) is 63.4 Å². The zero-order chi connectivity index (χ0) is 24.8. The standard InChI is InChI=1S/C26H34Cl2FN3O2/c1-4-21(16-31(2)3)34-25-15-20(28)7-8-22(25)17-9-11-32(12-10-17)26(33)24(30)13-18-5-6-19(27)14-23(18)29/h5-8,14-15,17,21,24H,4,9-13,16,30H2,1-3H3/t21-,24-/m1/s1. The lowest BCUT2D eigenvalue weighted by Gasteiger charge is -2.34. The molecule has 1 fully saturated rings. The summed E-state index contributed by atoms with van der Waals surface area (Å²) < 4.78 is 20.5. The summed E-state index contributed by atoms with van der Waals surface area (Å²) in [6, 6.07) is 9.46. The molecule has 3 rings (SSSR count). The number of hydrogen-bond acceptors (Lipinski definition) is 4. The Kier molecular flexibility index (Phi) is 9.60. The van der Waals surface area contributed by atoms with Crippen molar-refractivity contribution in [3.63, 3.8) is 0 Å². The van der Waals surface area contributed by atoms with E-state index < -0.39 is 11.9 Å². The predicted octanol–water partition coefficient (Wildman–Crippen LogP) is 5.13. The van der Waals surface area contributed by atoms with E-state index in [1.807, 2.05) is 32.3 Å². The van der Waals surface area contributed by atoms with Gasteiger partial charge in [-0.1, -0.05) is 42.3 Å². The Morgan fingerprint density at radius 3 is 2.44 bits per heavy atom. The van der Waals surface area contributed by atoms with E-state index >= 15 is 0 Å². The molecular weight excluding hydrogens is 476 g/mol. The van der Waals surface area contributed by atoms with Crippen molar-refractivity contribution in [2.45, 2.75) is 50.7 Å². The van der Waals surface area contributed by atoms with Crippen molar-refractivity contribution in [2.75, 3.05) is 33.7 Å². The first-order valence-electron chi connectivity index (χ1n) is 11.8. The maximum Gasteiger partial charge on any atom is 0.239 e. The zero-order valence-electron chi connectivity index (χ0n) is 20.1. The van der Waals surface area contributed by atoms with Gasteiger partial charge in [-0.2, -0.15) is 0 Å². The number of halogens is 3. The minimum absolute atomic E-state index is 0.0696. The van der Waals surface area contributed by atoms with Gasteiger partial charge < -0.3 is 20.3 Å². The van der Waals surface area contributed by atoms with Gasteiger partial charge in [-0.25, -0.2) is 4.39 Å². The summed E-state index contributed by atoms with van der Waals surface area (Å²) in [5.41, 5.74) is 7.67. The summed E-state index contributed by atoms with van der Waals surface area (Å²) >= 11 is 12.1. The van der Waals surface area contributed by atoms with Gasteiger partial charge in [-0.15, -0.1) is 0 Å². The highest BCUT2D eigenvalue weighted by atomic mass is 35.5. The normalized spacial score (nSPS) is 16.5. The van der Waals surface area contributed by atoms with Gasteiger partial charge in [0.1, 0.15) is 17.7 Å². The molecule has 1 heterocycles. The van der Waals surface area contributed by atoms with Gasteiger partial charge in [-0.05, 0) is 81.1 Å². The van der Waals surface area contributed by atoms with E-state index in [9.17, 15) is 9.18 Å². The number of likely N-dealkylation sites (tertiary alicyclic amines) is 1. The number of nitrogens with two attached hydrogens (primary N) is 1. The maximum atomic E-state index is 14.1. The van der Waals surface area contributed by atoms with Crippen LogP contribution in [-0.2, 0) is 11.2 Å². The van der Waals surface area contributed by atoms with Crippen LogP contribution in [-0.4, -0.2) is 61.6 Å². The Morgan fingerprint density at radius 1 is 1.18 bits per heavy atom. The van der Waals surface area contributed by atoms with Crippen LogP contribution in [0.2, 0.25) is 10.0 Å². The number of nitrogens with zero attached hydrogens (tertiary/aromatic N) is 2. The summed E-state index contributed by atoms with van der Waals surface area (Å²) in [7, 11) is 4.06. The highest BCUT2D eigenvalue weighted by molar-refractivity contribution is 6.31. The number of rotatable bonds is 9. The van der Waals surface area contributed by atoms with Crippen LogP contribution in [0.15, 0.2) is 36.4 Å². The Bertz CT molecular complexity index is 981. The minimum atomic E-state index is -0.794. The molecule has 34 heavy (non-hydrogen) atoms. The second-order valence-corrected chi connectivity index (χ2v) is 10.1. The van der Waals surface area contributed by atoms with Crippen LogP contribution in [0.25, 0.3) is 0 Å². The molecule has 0 aliphatic carbocycles. The molecule has 2 aromatic carbocycles. The molecule has 0 radical (unpaired) electrons. The predicted molar refractivity (Wildman–Crippen MR) is 136 cm³/mol. The fourth-order valence-corrected chi connectivity index (χ4v) is 4.76.